The first-order chi connectivity index (χ1) is 11.1. The van der Waals surface area contributed by atoms with Gasteiger partial charge >= 0.3 is 5.63 Å². The number of para-hydroxylation sites is 1. The van der Waals surface area contributed by atoms with Crippen LogP contribution in [0.5, 0.6) is 0 Å². The van der Waals surface area contributed by atoms with Gasteiger partial charge in [0, 0.05) is 17.5 Å². The van der Waals surface area contributed by atoms with E-state index >= 15 is 0 Å². The van der Waals surface area contributed by atoms with Gasteiger partial charge in [0.2, 0.25) is 0 Å². The minimum absolute atomic E-state index is 0.0542. The fourth-order valence-corrected chi connectivity index (χ4v) is 2.27. The highest BCUT2D eigenvalue weighted by atomic mass is 16.4. The molecule has 1 aromatic carbocycles. The number of nitrogens with one attached hydrogen (secondary N) is 1. The maximum Gasteiger partial charge on any atom is 0.349 e. The standard InChI is InChI=1S/C17H15NO5/c19-14(12-6-8-22-10-12)5-7-18-16(20)13-9-11-3-1-2-4-15(11)23-17(13)21/h1-4,6,8-10,14,19H,5,7H2,(H,18,20). The molecular weight excluding hydrogens is 298 g/mol. The van der Waals surface area contributed by atoms with Gasteiger partial charge in [0.15, 0.2) is 0 Å². The fourth-order valence-electron chi connectivity index (χ4n) is 2.27. The molecule has 3 aromatic rings. The number of hydrogen-bond acceptors (Lipinski definition) is 5. The summed E-state index contributed by atoms with van der Waals surface area (Å²) in [6.45, 7) is 0.220. The van der Waals surface area contributed by atoms with E-state index in [2.05, 4.69) is 5.32 Å². The third-order valence-corrected chi connectivity index (χ3v) is 3.52. The molecule has 118 valence electrons. The Bertz CT molecular complexity index is 866. The van der Waals surface area contributed by atoms with Gasteiger partial charge < -0.3 is 19.3 Å². The Morgan fingerprint density at radius 3 is 2.87 bits per heavy atom. The molecule has 6 nitrogen and oxygen atoms in total. The average molecular weight is 313 g/mol. The van der Waals surface area contributed by atoms with Gasteiger partial charge in [0.1, 0.15) is 11.1 Å². The van der Waals surface area contributed by atoms with Crippen molar-refractivity contribution in [2.75, 3.05) is 6.54 Å². The predicted octanol–water partition coefficient (Wildman–Crippen LogP) is 2.24. The second kappa shape index (κ2) is 6.50. The second-order valence-electron chi connectivity index (χ2n) is 5.10. The number of amides is 1. The van der Waals surface area contributed by atoms with Crippen molar-refractivity contribution in [1.82, 2.24) is 5.32 Å². The maximum absolute atomic E-state index is 12.1. The fraction of sp³-hybridized carbons (Fsp3) is 0.176. The summed E-state index contributed by atoms with van der Waals surface area (Å²) in [5, 5.41) is 13.2. The number of benzene rings is 1. The normalized spacial score (nSPS) is 12.2. The van der Waals surface area contributed by atoms with E-state index in [9.17, 15) is 14.7 Å². The molecule has 0 spiro atoms. The average Bonchev–Trinajstić information content (AvgIpc) is 3.08. The topological polar surface area (TPSA) is 92.7 Å². The molecule has 0 saturated carbocycles. The zero-order valence-electron chi connectivity index (χ0n) is 12.2. The Morgan fingerprint density at radius 1 is 1.26 bits per heavy atom. The summed E-state index contributed by atoms with van der Waals surface area (Å²) >= 11 is 0. The Hall–Kier alpha value is -2.86. The van der Waals surface area contributed by atoms with Gasteiger partial charge in [-0.2, -0.15) is 0 Å². The Labute approximate surface area is 131 Å². The molecule has 1 unspecified atom stereocenters. The molecule has 0 radical (unpaired) electrons. The second-order valence-corrected chi connectivity index (χ2v) is 5.10. The lowest BCUT2D eigenvalue weighted by Gasteiger charge is -2.09. The summed E-state index contributed by atoms with van der Waals surface area (Å²) in [5.41, 5.74) is 0.340. The SMILES string of the molecule is O=C(NCCC(O)c1ccoc1)c1cc2ccccc2oc1=O. The van der Waals surface area contributed by atoms with Crippen molar-refractivity contribution in [2.45, 2.75) is 12.5 Å². The van der Waals surface area contributed by atoms with Crippen molar-refractivity contribution in [1.29, 1.82) is 0 Å². The highest BCUT2D eigenvalue weighted by Crippen LogP contribution is 2.16. The monoisotopic (exact) mass is 313 g/mol. The molecule has 0 aliphatic carbocycles. The van der Waals surface area contributed by atoms with Crippen LogP contribution in [0.15, 0.2) is 62.6 Å². The van der Waals surface area contributed by atoms with Gasteiger partial charge in [0.05, 0.1) is 18.6 Å². The molecule has 2 heterocycles. The lowest BCUT2D eigenvalue weighted by atomic mass is 10.1. The summed E-state index contributed by atoms with van der Waals surface area (Å²) in [4.78, 5) is 24.0. The highest BCUT2D eigenvalue weighted by Gasteiger charge is 2.14. The molecule has 2 aromatic heterocycles. The first-order valence-electron chi connectivity index (χ1n) is 7.16. The summed E-state index contributed by atoms with van der Waals surface area (Å²) in [5.74, 6) is -0.524. The first-order valence-corrected chi connectivity index (χ1v) is 7.16. The van der Waals surface area contributed by atoms with E-state index in [0.29, 0.717) is 23.0 Å². The van der Waals surface area contributed by atoms with Crippen LogP contribution in [0.3, 0.4) is 0 Å². The Balaban J connectivity index is 1.66. The van der Waals surface area contributed by atoms with E-state index in [1.807, 2.05) is 0 Å². The lowest BCUT2D eigenvalue weighted by Crippen LogP contribution is -2.29. The van der Waals surface area contributed by atoms with Crippen LogP contribution in [-0.4, -0.2) is 17.6 Å². The van der Waals surface area contributed by atoms with Gasteiger partial charge in [0.25, 0.3) is 5.91 Å². The molecule has 1 amide bonds. The third kappa shape index (κ3) is 3.32. The minimum Gasteiger partial charge on any atom is -0.472 e. The lowest BCUT2D eigenvalue weighted by molar-refractivity contribution is 0.0939. The third-order valence-electron chi connectivity index (χ3n) is 3.52. The smallest absolute Gasteiger partial charge is 0.349 e. The first kappa shape index (κ1) is 15.1. The van der Waals surface area contributed by atoms with E-state index in [0.717, 1.165) is 0 Å². The molecule has 0 aliphatic heterocycles. The molecule has 2 N–H and O–H groups in total. The number of hydrogen-bond donors (Lipinski definition) is 2. The van der Waals surface area contributed by atoms with Gasteiger partial charge in [-0.3, -0.25) is 4.79 Å². The van der Waals surface area contributed by atoms with Crippen LogP contribution >= 0.6 is 0 Å². The zero-order valence-corrected chi connectivity index (χ0v) is 12.2. The molecule has 0 aliphatic rings. The highest BCUT2D eigenvalue weighted by molar-refractivity contribution is 5.96. The quantitative estimate of drug-likeness (QED) is 0.705. The van der Waals surface area contributed by atoms with E-state index in [-0.39, 0.29) is 12.1 Å². The van der Waals surface area contributed by atoms with Crippen molar-refractivity contribution < 1.29 is 18.7 Å². The van der Waals surface area contributed by atoms with E-state index in [1.54, 1.807) is 30.3 Å². The van der Waals surface area contributed by atoms with Crippen LogP contribution in [0.25, 0.3) is 11.0 Å². The van der Waals surface area contributed by atoms with Crippen molar-refractivity contribution >= 4 is 16.9 Å². The predicted molar refractivity (Wildman–Crippen MR) is 83.1 cm³/mol. The summed E-state index contributed by atoms with van der Waals surface area (Å²) in [7, 11) is 0. The molecule has 6 heteroatoms. The Kier molecular flexibility index (Phi) is 4.25. The van der Waals surface area contributed by atoms with Crippen LogP contribution in [0, 0.1) is 0 Å². The minimum atomic E-state index is -0.734. The Morgan fingerprint density at radius 2 is 2.09 bits per heavy atom. The number of fused-ring (bicyclic) bond motifs is 1. The number of furan rings is 1. The van der Waals surface area contributed by atoms with E-state index < -0.39 is 17.6 Å². The number of rotatable bonds is 5. The molecule has 23 heavy (non-hydrogen) atoms. The van der Waals surface area contributed by atoms with Crippen molar-refractivity contribution in [3.05, 3.63) is 70.5 Å². The van der Waals surface area contributed by atoms with E-state index in [1.165, 1.54) is 18.6 Å². The molecule has 1 atom stereocenters. The van der Waals surface area contributed by atoms with Crippen LogP contribution in [-0.2, 0) is 0 Å². The number of carbonyl (C=O) groups excluding carboxylic acids is 1. The van der Waals surface area contributed by atoms with Gasteiger partial charge in [-0.05, 0) is 24.6 Å². The van der Waals surface area contributed by atoms with Crippen LogP contribution in [0.1, 0.15) is 28.4 Å². The number of aliphatic hydroxyl groups is 1. The van der Waals surface area contributed by atoms with Gasteiger partial charge in [-0.15, -0.1) is 0 Å². The zero-order chi connectivity index (χ0) is 16.2. The molecular formula is C17H15NO5. The van der Waals surface area contributed by atoms with E-state index in [4.69, 9.17) is 8.83 Å². The molecule has 0 fully saturated rings. The van der Waals surface area contributed by atoms with Crippen LogP contribution < -0.4 is 10.9 Å². The van der Waals surface area contributed by atoms with Crippen LogP contribution in [0.4, 0.5) is 0 Å². The largest absolute Gasteiger partial charge is 0.472 e. The van der Waals surface area contributed by atoms with Crippen LogP contribution in [0.2, 0.25) is 0 Å². The number of carbonyl (C=O) groups is 1. The summed E-state index contributed by atoms with van der Waals surface area (Å²) in [6, 6.07) is 10.1. The summed E-state index contributed by atoms with van der Waals surface area (Å²) in [6.07, 6.45) is 2.49. The van der Waals surface area contributed by atoms with Gasteiger partial charge in [-0.25, -0.2) is 4.79 Å². The molecule has 3 rings (SSSR count). The maximum atomic E-state index is 12.1. The summed E-state index contributed by atoms with van der Waals surface area (Å²) < 4.78 is 10.0. The molecule has 0 bridgehead atoms. The van der Waals surface area contributed by atoms with Gasteiger partial charge in [-0.1, -0.05) is 18.2 Å². The van der Waals surface area contributed by atoms with Crippen molar-refractivity contribution in [3.63, 3.8) is 0 Å². The van der Waals surface area contributed by atoms with Crippen molar-refractivity contribution in [2.24, 2.45) is 0 Å². The van der Waals surface area contributed by atoms with Crippen molar-refractivity contribution in [3.8, 4) is 0 Å². The number of aliphatic hydroxyl groups excluding tert-OH is 1. The molecule has 0 saturated heterocycles.